The molecule has 0 fully saturated rings. The fraction of sp³-hybridized carbons (Fsp3) is 0.234. The molecule has 3 unspecified atom stereocenters. The first-order valence-electron chi connectivity index (χ1n) is 18.9. The Kier molecular flexibility index (Phi) is 15.7. The van der Waals surface area contributed by atoms with Crippen LogP contribution in [0, 0.1) is 0 Å². The third kappa shape index (κ3) is 11.6. The van der Waals surface area contributed by atoms with Crippen molar-refractivity contribution in [3.8, 4) is 17.2 Å². The molecule has 0 saturated heterocycles. The summed E-state index contributed by atoms with van der Waals surface area (Å²) in [6.07, 6.45) is 2.18. The topological polar surface area (TPSA) is 78.9 Å². The van der Waals surface area contributed by atoms with Crippen LogP contribution in [0.5, 0.6) is 17.2 Å². The molecule has 0 N–H and O–H groups in total. The van der Waals surface area contributed by atoms with Gasteiger partial charge in [0.25, 0.3) is 0 Å². The molecule has 0 bridgehead atoms. The third-order valence-corrected chi connectivity index (χ3v) is 18.7. The Morgan fingerprint density at radius 1 is 0.375 bits per heavy atom. The standard InChI is InChI=1S/C47H48O6Se3/c1-47(38-20-26-41(27-21-38)51-32-11-35-54(48)44-14-5-2-6-15-44,39-22-28-42(29-23-39)52-33-12-36-55(49)45-16-7-3-8-17-45)40-24-30-43(31-25-40)53-34-13-37-56(50)46-18-9-4-10-19-46/h2-10,14-31H,11-13,32-37H2,1H3. The molecule has 9 heteroatoms. The molecule has 0 heterocycles. The Labute approximate surface area is 343 Å². The SMILES string of the molecule is CC(c1ccc(OCCC[Se](=O)c2ccccc2)cc1)(c1ccc(OCCC[Se](=O)c2ccccc2)cc1)c1ccc(OCCC[Se](=O)c2ccccc2)cc1. The first-order chi connectivity index (χ1) is 27.4. The van der Waals surface area contributed by atoms with Crippen LogP contribution < -0.4 is 27.6 Å². The molecule has 290 valence electrons. The maximum atomic E-state index is 12.7. The van der Waals surface area contributed by atoms with Gasteiger partial charge in [-0.25, -0.2) is 0 Å². The fourth-order valence-electron chi connectivity index (χ4n) is 6.36. The summed E-state index contributed by atoms with van der Waals surface area (Å²) in [6, 6.07) is 53.8. The van der Waals surface area contributed by atoms with Gasteiger partial charge >= 0.3 is 346 Å². The van der Waals surface area contributed by atoms with Crippen molar-refractivity contribution in [2.75, 3.05) is 19.8 Å². The molecule has 6 nitrogen and oxygen atoms in total. The summed E-state index contributed by atoms with van der Waals surface area (Å²) in [5, 5.41) is 1.92. The van der Waals surface area contributed by atoms with Crippen LogP contribution in [0.2, 0.25) is 16.0 Å². The Morgan fingerprint density at radius 2 is 0.625 bits per heavy atom. The van der Waals surface area contributed by atoms with Crippen LogP contribution in [0.1, 0.15) is 42.9 Å². The van der Waals surface area contributed by atoms with E-state index in [1.807, 2.05) is 127 Å². The van der Waals surface area contributed by atoms with Gasteiger partial charge in [-0.05, 0) is 0 Å². The molecule has 6 rings (SSSR count). The Bertz CT molecular complexity index is 1900. The maximum absolute atomic E-state index is 12.7. The van der Waals surface area contributed by atoms with Crippen molar-refractivity contribution >= 4 is 54.9 Å². The summed E-state index contributed by atoms with van der Waals surface area (Å²) in [7, 11) is 0. The minimum absolute atomic E-state index is 0.502. The molecule has 0 radical (unpaired) electrons. The minimum atomic E-state index is -2.07. The summed E-state index contributed by atoms with van der Waals surface area (Å²) in [6.45, 7) is 3.73. The average molecular weight is 946 g/mol. The van der Waals surface area contributed by atoms with Crippen molar-refractivity contribution in [3.05, 3.63) is 180 Å². The van der Waals surface area contributed by atoms with Gasteiger partial charge in [0.05, 0.1) is 0 Å². The van der Waals surface area contributed by atoms with Gasteiger partial charge in [-0.15, -0.1) is 0 Å². The molecule has 6 aromatic carbocycles. The molecule has 0 aromatic heterocycles. The molecule has 0 saturated carbocycles. The monoisotopic (exact) mass is 948 g/mol. The van der Waals surface area contributed by atoms with Gasteiger partial charge in [-0.2, -0.15) is 0 Å². The Morgan fingerprint density at radius 3 is 0.875 bits per heavy atom. The van der Waals surface area contributed by atoms with Crippen molar-refractivity contribution in [3.63, 3.8) is 0 Å². The van der Waals surface area contributed by atoms with Crippen molar-refractivity contribution in [1.29, 1.82) is 0 Å². The number of rotatable bonds is 21. The summed E-state index contributed by atoms with van der Waals surface area (Å²) < 4.78 is 59.2. The van der Waals surface area contributed by atoms with E-state index in [4.69, 9.17) is 14.2 Å². The van der Waals surface area contributed by atoms with Crippen molar-refractivity contribution in [2.24, 2.45) is 0 Å². The van der Waals surface area contributed by atoms with E-state index < -0.39 is 46.9 Å². The van der Waals surface area contributed by atoms with E-state index in [1.54, 1.807) is 0 Å². The van der Waals surface area contributed by atoms with E-state index in [0.29, 0.717) is 35.8 Å². The van der Waals surface area contributed by atoms with Crippen LogP contribution in [0.3, 0.4) is 0 Å². The third-order valence-electron chi connectivity index (χ3n) is 9.54. The molecular weight excluding hydrogens is 897 g/mol. The van der Waals surface area contributed by atoms with E-state index in [2.05, 4.69) is 43.3 Å². The zero-order chi connectivity index (χ0) is 39.0. The van der Waals surface area contributed by atoms with Crippen LogP contribution in [0.25, 0.3) is 0 Å². The molecule has 0 amide bonds. The van der Waals surface area contributed by atoms with Crippen LogP contribution in [0.15, 0.2) is 164 Å². The quantitative estimate of drug-likeness (QED) is 0.0411. The van der Waals surface area contributed by atoms with Crippen molar-refractivity contribution in [2.45, 2.75) is 47.6 Å². The first kappa shape index (κ1) is 41.3. The van der Waals surface area contributed by atoms with E-state index >= 15 is 0 Å². The molecule has 0 spiro atoms. The molecule has 0 aliphatic rings. The van der Waals surface area contributed by atoms with E-state index in [1.165, 1.54) is 0 Å². The van der Waals surface area contributed by atoms with Gasteiger partial charge in [0.2, 0.25) is 0 Å². The predicted molar refractivity (Wildman–Crippen MR) is 227 cm³/mol. The summed E-state index contributed by atoms with van der Waals surface area (Å²) in [5.41, 5.74) is 2.78. The van der Waals surface area contributed by atoms with Crippen LogP contribution in [-0.4, -0.2) is 61.3 Å². The van der Waals surface area contributed by atoms with Gasteiger partial charge < -0.3 is 0 Å². The van der Waals surface area contributed by atoms with E-state index in [9.17, 15) is 11.5 Å². The van der Waals surface area contributed by atoms with Gasteiger partial charge in [-0.1, -0.05) is 0 Å². The Hall–Kier alpha value is -4.32. The molecule has 6 aromatic rings. The summed E-state index contributed by atoms with van der Waals surface area (Å²) >= 11 is -6.21. The van der Waals surface area contributed by atoms with Crippen molar-refractivity contribution < 1.29 is 25.7 Å². The molecule has 0 aliphatic heterocycles. The van der Waals surface area contributed by atoms with Crippen molar-refractivity contribution in [1.82, 2.24) is 0 Å². The van der Waals surface area contributed by atoms with Crippen LogP contribution in [-0.2, 0) is 16.9 Å². The second-order valence-corrected chi connectivity index (χ2v) is 23.3. The summed E-state index contributed by atoms with van der Waals surface area (Å²) in [4.78, 5) is 0. The fourth-order valence-corrected chi connectivity index (χ4v) is 13.1. The number of hydrogen-bond donors (Lipinski definition) is 0. The Balaban J connectivity index is 1.10. The molecule has 3 atom stereocenters. The molecular formula is C47H48O6Se3. The van der Waals surface area contributed by atoms with Crippen LogP contribution in [0.4, 0.5) is 0 Å². The van der Waals surface area contributed by atoms with Gasteiger partial charge in [0, 0.05) is 0 Å². The van der Waals surface area contributed by atoms with Gasteiger partial charge in [0.15, 0.2) is 0 Å². The zero-order valence-electron chi connectivity index (χ0n) is 31.6. The van der Waals surface area contributed by atoms with Gasteiger partial charge in [-0.3, -0.25) is 0 Å². The number of ether oxygens (including phenoxy) is 3. The molecule has 56 heavy (non-hydrogen) atoms. The van der Waals surface area contributed by atoms with E-state index in [0.717, 1.165) is 66.6 Å². The second kappa shape index (κ2) is 21.3. The normalized spacial score (nSPS) is 13.9. The number of benzene rings is 6. The zero-order valence-corrected chi connectivity index (χ0v) is 36.8. The van der Waals surface area contributed by atoms with Gasteiger partial charge in [0.1, 0.15) is 0 Å². The number of hydrogen-bond acceptors (Lipinski definition) is 6. The van der Waals surface area contributed by atoms with Crippen LogP contribution >= 0.6 is 0 Å². The first-order valence-corrected chi connectivity index (χ1v) is 27.2. The average Bonchev–Trinajstić information content (AvgIpc) is 3.26. The summed E-state index contributed by atoms with van der Waals surface area (Å²) in [5.74, 6) is 2.32. The second-order valence-electron chi connectivity index (χ2n) is 13.4. The van der Waals surface area contributed by atoms with E-state index in [-0.39, 0.29) is 0 Å². The predicted octanol–water partition coefficient (Wildman–Crippen LogP) is 8.34. The molecule has 0 aliphatic carbocycles.